The van der Waals surface area contributed by atoms with E-state index in [1.165, 1.54) is 16.7 Å². The van der Waals surface area contributed by atoms with Crippen LogP contribution in [0.4, 0.5) is 0 Å². The highest BCUT2D eigenvalue weighted by Crippen LogP contribution is 2.12. The second-order valence-corrected chi connectivity index (χ2v) is 5.79. The molecule has 0 aromatic heterocycles. The van der Waals surface area contributed by atoms with Crippen molar-refractivity contribution in [1.29, 1.82) is 0 Å². The molecule has 0 aliphatic rings. The van der Waals surface area contributed by atoms with E-state index in [-0.39, 0.29) is 24.0 Å². The Labute approximate surface area is 168 Å². The Morgan fingerprint density at radius 2 is 1.60 bits per heavy atom. The van der Waals surface area contributed by atoms with Crippen molar-refractivity contribution in [3.05, 3.63) is 65.2 Å². The Balaban J connectivity index is 0.00000312. The van der Waals surface area contributed by atoms with Gasteiger partial charge in [-0.25, -0.2) is 0 Å². The fourth-order valence-electron chi connectivity index (χ4n) is 2.40. The SMILES string of the molecule is CN=C(NCCCc1ccc(OC)cc1)NCc1ccc(C)cc1.I. The summed E-state index contributed by atoms with van der Waals surface area (Å²) in [5, 5.41) is 6.70. The number of nitrogens with one attached hydrogen (secondary N) is 2. The van der Waals surface area contributed by atoms with Gasteiger partial charge in [0.1, 0.15) is 5.75 Å². The van der Waals surface area contributed by atoms with Crippen molar-refractivity contribution in [3.63, 3.8) is 0 Å². The van der Waals surface area contributed by atoms with Gasteiger partial charge < -0.3 is 15.4 Å². The second kappa shape index (κ2) is 11.7. The lowest BCUT2D eigenvalue weighted by Crippen LogP contribution is -2.37. The highest BCUT2D eigenvalue weighted by Gasteiger charge is 1.99. The predicted molar refractivity (Wildman–Crippen MR) is 116 cm³/mol. The number of hydrogen-bond donors (Lipinski definition) is 2. The van der Waals surface area contributed by atoms with Crippen LogP contribution in [0.25, 0.3) is 0 Å². The quantitative estimate of drug-likeness (QED) is 0.289. The zero-order valence-electron chi connectivity index (χ0n) is 15.2. The second-order valence-electron chi connectivity index (χ2n) is 5.79. The Hall–Kier alpha value is -1.76. The molecule has 0 aliphatic heterocycles. The van der Waals surface area contributed by atoms with Gasteiger partial charge in [0.15, 0.2) is 5.96 Å². The average molecular weight is 453 g/mol. The van der Waals surface area contributed by atoms with Gasteiger partial charge in [-0.1, -0.05) is 42.0 Å². The molecule has 0 saturated carbocycles. The molecule has 0 atom stereocenters. The third kappa shape index (κ3) is 7.77. The minimum Gasteiger partial charge on any atom is -0.497 e. The average Bonchev–Trinajstić information content (AvgIpc) is 2.63. The Morgan fingerprint density at radius 1 is 0.960 bits per heavy atom. The summed E-state index contributed by atoms with van der Waals surface area (Å²) >= 11 is 0. The summed E-state index contributed by atoms with van der Waals surface area (Å²) in [6.45, 7) is 3.76. The summed E-state index contributed by atoms with van der Waals surface area (Å²) in [4.78, 5) is 4.27. The summed E-state index contributed by atoms with van der Waals surface area (Å²) in [5.74, 6) is 1.74. The first kappa shape index (κ1) is 21.3. The van der Waals surface area contributed by atoms with E-state index in [0.717, 1.165) is 37.6 Å². The smallest absolute Gasteiger partial charge is 0.191 e. The van der Waals surface area contributed by atoms with Gasteiger partial charge in [-0.15, -0.1) is 24.0 Å². The lowest BCUT2D eigenvalue weighted by atomic mass is 10.1. The van der Waals surface area contributed by atoms with E-state index >= 15 is 0 Å². The van der Waals surface area contributed by atoms with E-state index in [1.807, 2.05) is 12.1 Å². The Bertz CT molecular complexity index is 639. The van der Waals surface area contributed by atoms with Crippen LogP contribution in [0.2, 0.25) is 0 Å². The number of benzene rings is 2. The van der Waals surface area contributed by atoms with Gasteiger partial charge in [0, 0.05) is 20.1 Å². The highest BCUT2D eigenvalue weighted by atomic mass is 127. The van der Waals surface area contributed by atoms with Crippen LogP contribution in [0, 0.1) is 6.92 Å². The molecule has 0 saturated heterocycles. The molecule has 0 bridgehead atoms. The van der Waals surface area contributed by atoms with Crippen molar-refractivity contribution < 1.29 is 4.74 Å². The molecule has 5 heteroatoms. The third-order valence-electron chi connectivity index (χ3n) is 3.90. The van der Waals surface area contributed by atoms with Gasteiger partial charge >= 0.3 is 0 Å². The van der Waals surface area contributed by atoms with Crippen LogP contribution in [0.1, 0.15) is 23.1 Å². The summed E-state index contributed by atoms with van der Waals surface area (Å²) in [6.07, 6.45) is 2.09. The zero-order chi connectivity index (χ0) is 17.2. The van der Waals surface area contributed by atoms with Crippen molar-refractivity contribution in [2.75, 3.05) is 20.7 Å². The molecule has 0 aliphatic carbocycles. The molecule has 0 spiro atoms. The first-order valence-corrected chi connectivity index (χ1v) is 8.34. The lowest BCUT2D eigenvalue weighted by molar-refractivity contribution is 0.414. The number of hydrogen-bond acceptors (Lipinski definition) is 2. The normalized spacial score (nSPS) is 10.8. The molecule has 4 nitrogen and oxygen atoms in total. The molecule has 0 fully saturated rings. The van der Waals surface area contributed by atoms with Gasteiger partial charge in [0.05, 0.1) is 7.11 Å². The summed E-state index contributed by atoms with van der Waals surface area (Å²) < 4.78 is 5.17. The molecular weight excluding hydrogens is 425 g/mol. The minimum absolute atomic E-state index is 0. The zero-order valence-corrected chi connectivity index (χ0v) is 17.5. The van der Waals surface area contributed by atoms with Crippen LogP contribution >= 0.6 is 24.0 Å². The molecule has 25 heavy (non-hydrogen) atoms. The van der Waals surface area contributed by atoms with Gasteiger partial charge in [0.25, 0.3) is 0 Å². The van der Waals surface area contributed by atoms with Crippen molar-refractivity contribution in [2.45, 2.75) is 26.3 Å². The summed E-state index contributed by atoms with van der Waals surface area (Å²) in [7, 11) is 3.49. The Morgan fingerprint density at radius 3 is 2.20 bits per heavy atom. The van der Waals surface area contributed by atoms with Crippen molar-refractivity contribution in [2.24, 2.45) is 4.99 Å². The largest absolute Gasteiger partial charge is 0.497 e. The minimum atomic E-state index is 0. The maximum Gasteiger partial charge on any atom is 0.191 e. The number of halogens is 1. The van der Waals surface area contributed by atoms with Gasteiger partial charge in [0.2, 0.25) is 0 Å². The molecule has 2 aromatic rings. The van der Waals surface area contributed by atoms with Crippen molar-refractivity contribution in [3.8, 4) is 5.75 Å². The lowest BCUT2D eigenvalue weighted by Gasteiger charge is -2.12. The molecule has 2 N–H and O–H groups in total. The molecule has 0 amide bonds. The maximum atomic E-state index is 5.17. The van der Waals surface area contributed by atoms with E-state index in [9.17, 15) is 0 Å². The predicted octanol–water partition coefficient (Wildman–Crippen LogP) is 3.92. The van der Waals surface area contributed by atoms with E-state index in [1.54, 1.807) is 14.2 Å². The van der Waals surface area contributed by atoms with Crippen molar-refractivity contribution in [1.82, 2.24) is 10.6 Å². The molecule has 2 rings (SSSR count). The fourth-order valence-corrected chi connectivity index (χ4v) is 2.40. The number of ether oxygens (including phenoxy) is 1. The number of aryl methyl sites for hydroxylation is 2. The summed E-state index contributed by atoms with van der Waals surface area (Å²) in [5.41, 5.74) is 3.85. The number of nitrogens with zero attached hydrogens (tertiary/aromatic N) is 1. The molecule has 0 heterocycles. The van der Waals surface area contributed by atoms with E-state index < -0.39 is 0 Å². The number of aliphatic imine (C=N–C) groups is 1. The molecule has 2 aromatic carbocycles. The molecule has 0 radical (unpaired) electrons. The Kier molecular flexibility index (Phi) is 9.99. The van der Waals surface area contributed by atoms with E-state index in [4.69, 9.17) is 4.74 Å². The highest BCUT2D eigenvalue weighted by molar-refractivity contribution is 14.0. The van der Waals surface area contributed by atoms with Gasteiger partial charge in [-0.05, 0) is 43.0 Å². The monoisotopic (exact) mass is 453 g/mol. The summed E-state index contributed by atoms with van der Waals surface area (Å²) in [6, 6.07) is 16.8. The van der Waals surface area contributed by atoms with Crippen LogP contribution in [0.15, 0.2) is 53.5 Å². The number of guanidine groups is 1. The van der Waals surface area contributed by atoms with Crippen LogP contribution in [0.3, 0.4) is 0 Å². The van der Waals surface area contributed by atoms with Crippen molar-refractivity contribution >= 4 is 29.9 Å². The first-order valence-electron chi connectivity index (χ1n) is 8.34. The van der Waals surface area contributed by atoms with E-state index in [2.05, 4.69) is 58.9 Å². The van der Waals surface area contributed by atoms with Crippen LogP contribution < -0.4 is 15.4 Å². The number of rotatable bonds is 7. The first-order chi connectivity index (χ1) is 11.7. The van der Waals surface area contributed by atoms with Gasteiger partial charge in [-0.2, -0.15) is 0 Å². The molecule has 136 valence electrons. The van der Waals surface area contributed by atoms with E-state index in [0.29, 0.717) is 0 Å². The van der Waals surface area contributed by atoms with Gasteiger partial charge in [-0.3, -0.25) is 4.99 Å². The standard InChI is InChI=1S/C20H27N3O.HI/c1-16-6-8-18(9-7-16)15-23-20(21-2)22-14-4-5-17-10-12-19(24-3)13-11-17;/h6-13H,4-5,14-15H2,1-3H3,(H2,21,22,23);1H. The van der Waals surface area contributed by atoms with Crippen LogP contribution in [0.5, 0.6) is 5.75 Å². The maximum absolute atomic E-state index is 5.17. The fraction of sp³-hybridized carbons (Fsp3) is 0.350. The third-order valence-corrected chi connectivity index (χ3v) is 3.90. The topological polar surface area (TPSA) is 45.7 Å². The molecule has 0 unspecified atom stereocenters. The number of methoxy groups -OCH3 is 1. The van der Waals surface area contributed by atoms with Crippen LogP contribution in [-0.2, 0) is 13.0 Å². The molecular formula is C20H28IN3O. The van der Waals surface area contributed by atoms with Crippen LogP contribution in [-0.4, -0.2) is 26.7 Å².